The summed E-state index contributed by atoms with van der Waals surface area (Å²) in [4.78, 5) is 12.0. The molecule has 0 aromatic heterocycles. The van der Waals surface area contributed by atoms with Gasteiger partial charge in [-0.1, -0.05) is 26.0 Å². The van der Waals surface area contributed by atoms with E-state index in [4.69, 9.17) is 9.47 Å². The lowest BCUT2D eigenvalue weighted by Crippen LogP contribution is -2.39. The molecule has 0 fully saturated rings. The van der Waals surface area contributed by atoms with E-state index in [1.165, 1.54) is 6.07 Å². The van der Waals surface area contributed by atoms with Gasteiger partial charge in [-0.05, 0) is 29.8 Å². The fraction of sp³-hybridized carbons (Fsp3) is 0.316. The van der Waals surface area contributed by atoms with Gasteiger partial charge in [-0.25, -0.2) is 13.6 Å². The average molecular weight is 364 g/mol. The number of carbonyl (C=O) groups excluding carboxylic acids is 1. The number of urea groups is 1. The maximum absolute atomic E-state index is 13.6. The normalized spacial score (nSPS) is 11.0. The molecule has 2 rings (SSSR count). The summed E-state index contributed by atoms with van der Waals surface area (Å²) in [5.41, 5.74) is -0.0218. The Morgan fingerprint density at radius 2 is 1.65 bits per heavy atom. The van der Waals surface area contributed by atoms with Crippen LogP contribution in [0.2, 0.25) is 0 Å². The monoisotopic (exact) mass is 364 g/mol. The number of rotatable bonds is 6. The van der Waals surface area contributed by atoms with E-state index >= 15 is 0 Å². The van der Waals surface area contributed by atoms with E-state index < -0.39 is 28.8 Å². The van der Waals surface area contributed by atoms with Gasteiger partial charge in [-0.3, -0.25) is 0 Å². The fourth-order valence-electron chi connectivity index (χ4n) is 2.44. The van der Waals surface area contributed by atoms with Crippen molar-refractivity contribution < 1.29 is 23.0 Å². The molecule has 0 aliphatic heterocycles. The predicted octanol–water partition coefficient (Wildman–Crippen LogP) is 4.08. The predicted molar refractivity (Wildman–Crippen MR) is 96.0 cm³/mol. The van der Waals surface area contributed by atoms with Gasteiger partial charge in [0, 0.05) is 12.0 Å². The summed E-state index contributed by atoms with van der Waals surface area (Å²) in [5.74, 6) is -0.484. The number of methoxy groups -OCH3 is 2. The molecule has 26 heavy (non-hydrogen) atoms. The van der Waals surface area contributed by atoms with E-state index in [1.54, 1.807) is 20.3 Å². The molecule has 2 aromatic rings. The highest BCUT2D eigenvalue weighted by molar-refractivity contribution is 5.89. The van der Waals surface area contributed by atoms with Gasteiger partial charge >= 0.3 is 6.03 Å². The molecule has 0 spiro atoms. The molecule has 2 amide bonds. The number of benzene rings is 2. The second-order valence-electron chi connectivity index (χ2n) is 6.36. The quantitative estimate of drug-likeness (QED) is 0.812. The Bertz CT molecular complexity index is 774. The zero-order valence-corrected chi connectivity index (χ0v) is 15.2. The van der Waals surface area contributed by atoms with Crippen LogP contribution >= 0.6 is 0 Å². The van der Waals surface area contributed by atoms with Crippen LogP contribution in [0.1, 0.15) is 19.4 Å². The second kappa shape index (κ2) is 8.03. The van der Waals surface area contributed by atoms with Gasteiger partial charge in [0.15, 0.2) is 11.5 Å². The summed E-state index contributed by atoms with van der Waals surface area (Å²) in [6.07, 6.45) is 0. The molecule has 0 atom stereocenters. The summed E-state index contributed by atoms with van der Waals surface area (Å²) in [6, 6.07) is 8.17. The van der Waals surface area contributed by atoms with Crippen LogP contribution in [-0.2, 0) is 5.41 Å². The van der Waals surface area contributed by atoms with Crippen molar-refractivity contribution in [2.75, 3.05) is 26.1 Å². The third kappa shape index (κ3) is 4.41. The standard InChI is InChI=1S/C19H22F2N2O3/c1-19(2,12-8-9-15(25-3)16(10-12)26-4)11-22-18(24)23-17-13(20)6-5-7-14(17)21/h5-10H,11H2,1-4H3,(H2,22,23,24). The van der Waals surface area contributed by atoms with Crippen molar-refractivity contribution in [2.45, 2.75) is 19.3 Å². The van der Waals surface area contributed by atoms with Gasteiger partial charge in [-0.15, -0.1) is 0 Å². The maximum atomic E-state index is 13.6. The van der Waals surface area contributed by atoms with Crippen LogP contribution in [0.25, 0.3) is 0 Å². The Hall–Kier alpha value is -2.83. The Morgan fingerprint density at radius 3 is 2.23 bits per heavy atom. The van der Waals surface area contributed by atoms with E-state index in [0.717, 1.165) is 17.7 Å². The van der Waals surface area contributed by atoms with Crippen LogP contribution < -0.4 is 20.1 Å². The second-order valence-corrected chi connectivity index (χ2v) is 6.36. The molecule has 0 aliphatic carbocycles. The number of ether oxygens (including phenoxy) is 2. The van der Waals surface area contributed by atoms with Crippen molar-refractivity contribution in [1.29, 1.82) is 0 Å². The molecule has 140 valence electrons. The lowest BCUT2D eigenvalue weighted by molar-refractivity contribution is 0.249. The van der Waals surface area contributed by atoms with Crippen LogP contribution in [0.4, 0.5) is 19.3 Å². The van der Waals surface area contributed by atoms with E-state index in [9.17, 15) is 13.6 Å². The van der Waals surface area contributed by atoms with Gasteiger partial charge in [0.25, 0.3) is 0 Å². The first-order valence-corrected chi connectivity index (χ1v) is 8.00. The number of hydrogen-bond donors (Lipinski definition) is 2. The average Bonchev–Trinajstić information content (AvgIpc) is 2.62. The first-order valence-electron chi connectivity index (χ1n) is 8.00. The Kier molecular flexibility index (Phi) is 6.02. The molecule has 0 radical (unpaired) electrons. The SMILES string of the molecule is COc1ccc(C(C)(C)CNC(=O)Nc2c(F)cccc2F)cc1OC. The van der Waals surface area contributed by atoms with Crippen LogP contribution in [0.3, 0.4) is 0 Å². The minimum Gasteiger partial charge on any atom is -0.493 e. The largest absolute Gasteiger partial charge is 0.493 e. The third-order valence-electron chi connectivity index (χ3n) is 4.06. The Labute approximate surface area is 151 Å². The topological polar surface area (TPSA) is 59.6 Å². The van der Waals surface area contributed by atoms with Crippen molar-refractivity contribution >= 4 is 11.7 Å². The van der Waals surface area contributed by atoms with Crippen molar-refractivity contribution in [1.82, 2.24) is 5.32 Å². The van der Waals surface area contributed by atoms with E-state index in [-0.39, 0.29) is 6.54 Å². The molecule has 0 heterocycles. The number of halogens is 2. The maximum Gasteiger partial charge on any atom is 0.319 e. The number of hydrogen-bond acceptors (Lipinski definition) is 3. The smallest absolute Gasteiger partial charge is 0.319 e. The van der Waals surface area contributed by atoms with Crippen LogP contribution in [0.15, 0.2) is 36.4 Å². The summed E-state index contributed by atoms with van der Waals surface area (Å²) in [5, 5.41) is 4.83. The summed E-state index contributed by atoms with van der Waals surface area (Å²) < 4.78 is 37.7. The number of para-hydroxylation sites is 1. The molecule has 0 saturated carbocycles. The van der Waals surface area contributed by atoms with E-state index in [1.807, 2.05) is 26.0 Å². The summed E-state index contributed by atoms with van der Waals surface area (Å²) in [6.45, 7) is 4.10. The third-order valence-corrected chi connectivity index (χ3v) is 4.06. The van der Waals surface area contributed by atoms with Crippen LogP contribution in [0.5, 0.6) is 11.5 Å². The molecule has 5 nitrogen and oxygen atoms in total. The molecule has 0 bridgehead atoms. The van der Waals surface area contributed by atoms with Crippen molar-refractivity contribution in [3.63, 3.8) is 0 Å². The van der Waals surface area contributed by atoms with Gasteiger partial charge < -0.3 is 20.1 Å². The minimum atomic E-state index is -0.834. The van der Waals surface area contributed by atoms with Gasteiger partial charge in [0.05, 0.1) is 14.2 Å². The molecule has 2 N–H and O–H groups in total. The number of carbonyl (C=O) groups is 1. The summed E-state index contributed by atoms with van der Waals surface area (Å²) in [7, 11) is 3.10. The van der Waals surface area contributed by atoms with Crippen molar-refractivity contribution in [2.24, 2.45) is 0 Å². The van der Waals surface area contributed by atoms with Gasteiger partial charge in [0.2, 0.25) is 0 Å². The van der Waals surface area contributed by atoms with Crippen LogP contribution in [-0.4, -0.2) is 26.8 Å². The first kappa shape index (κ1) is 19.5. The lowest BCUT2D eigenvalue weighted by Gasteiger charge is -2.26. The van der Waals surface area contributed by atoms with Gasteiger partial charge in [0.1, 0.15) is 17.3 Å². The van der Waals surface area contributed by atoms with E-state index in [2.05, 4.69) is 10.6 Å². The number of nitrogens with one attached hydrogen (secondary N) is 2. The molecular weight excluding hydrogens is 342 g/mol. The lowest BCUT2D eigenvalue weighted by atomic mass is 9.84. The molecule has 2 aromatic carbocycles. The van der Waals surface area contributed by atoms with Crippen molar-refractivity contribution in [3.05, 3.63) is 53.6 Å². The highest BCUT2D eigenvalue weighted by Gasteiger charge is 2.23. The zero-order valence-electron chi connectivity index (χ0n) is 15.2. The Morgan fingerprint density at radius 1 is 1.04 bits per heavy atom. The molecule has 7 heteroatoms. The molecule has 0 saturated heterocycles. The zero-order chi connectivity index (χ0) is 19.3. The fourth-order valence-corrected chi connectivity index (χ4v) is 2.44. The number of anilines is 1. The van der Waals surface area contributed by atoms with E-state index in [0.29, 0.717) is 11.5 Å². The molecular formula is C19H22F2N2O3. The first-order chi connectivity index (χ1) is 12.3. The van der Waals surface area contributed by atoms with Crippen LogP contribution in [0, 0.1) is 11.6 Å². The highest BCUT2D eigenvalue weighted by Crippen LogP contribution is 2.32. The minimum absolute atomic E-state index is 0.240. The molecule has 0 unspecified atom stereocenters. The molecule has 0 aliphatic rings. The summed E-state index contributed by atoms with van der Waals surface area (Å²) >= 11 is 0. The highest BCUT2D eigenvalue weighted by atomic mass is 19.1. The number of amides is 2. The van der Waals surface area contributed by atoms with Crippen molar-refractivity contribution in [3.8, 4) is 11.5 Å². The Balaban J connectivity index is 2.06. The van der Waals surface area contributed by atoms with Gasteiger partial charge in [-0.2, -0.15) is 0 Å².